The number of hydrogen-bond acceptors (Lipinski definition) is 8. The van der Waals surface area contributed by atoms with Crippen molar-refractivity contribution in [3.8, 4) is 0 Å². The van der Waals surface area contributed by atoms with Gasteiger partial charge in [0.25, 0.3) is 5.91 Å². The van der Waals surface area contributed by atoms with Gasteiger partial charge in [-0.25, -0.2) is 0 Å². The van der Waals surface area contributed by atoms with Crippen molar-refractivity contribution < 1.29 is 23.8 Å². The van der Waals surface area contributed by atoms with E-state index in [1.165, 1.54) is 22.5 Å². The Morgan fingerprint density at radius 1 is 1.05 bits per heavy atom. The number of nitrogens with zero attached hydrogens (tertiary/aromatic N) is 1. The highest BCUT2D eigenvalue weighted by molar-refractivity contribution is 7.14. The minimum Gasteiger partial charge on any atom is -0.459 e. The molecule has 0 spiro atoms. The van der Waals surface area contributed by atoms with Gasteiger partial charge in [0.15, 0.2) is 6.29 Å². The van der Waals surface area contributed by atoms with E-state index in [2.05, 4.69) is 27.7 Å². The number of rotatable bonds is 14. The second-order valence-corrected chi connectivity index (χ2v) is 12.3. The summed E-state index contributed by atoms with van der Waals surface area (Å²) in [5.41, 5.74) is 1.60. The Morgan fingerprint density at radius 3 is 2.38 bits per heavy atom. The van der Waals surface area contributed by atoms with Crippen molar-refractivity contribution in [1.82, 2.24) is 15.5 Å². The van der Waals surface area contributed by atoms with Crippen LogP contribution in [-0.2, 0) is 38.4 Å². The van der Waals surface area contributed by atoms with Crippen molar-refractivity contribution in [3.05, 3.63) is 57.3 Å². The molecule has 2 bridgehead atoms. The Labute approximate surface area is 241 Å². The number of hydrogen-bond donors (Lipinski definition) is 2. The Bertz CT molecular complexity index is 1110. The van der Waals surface area contributed by atoms with E-state index in [0.29, 0.717) is 49.9 Å². The number of esters is 1. The molecule has 8 nitrogen and oxygen atoms in total. The highest BCUT2D eigenvalue weighted by Gasteiger charge is 2.47. The van der Waals surface area contributed by atoms with Crippen molar-refractivity contribution in [2.45, 2.75) is 76.9 Å². The summed E-state index contributed by atoms with van der Waals surface area (Å²) in [6.45, 7) is 9.26. The smallest absolute Gasteiger partial charge is 0.327 e. The predicted octanol–water partition coefficient (Wildman–Crippen LogP) is 3.92. The van der Waals surface area contributed by atoms with Gasteiger partial charge in [-0.15, -0.1) is 11.3 Å². The Hall–Kier alpha value is -2.30. The third kappa shape index (κ3) is 6.94. The molecule has 2 N–H and O–H groups in total. The average Bonchev–Trinajstić information content (AvgIpc) is 3.60. The third-order valence-corrected chi connectivity index (χ3v) is 9.53. The molecule has 0 saturated carbocycles. The van der Waals surface area contributed by atoms with Crippen LogP contribution in [0, 0.1) is 5.92 Å². The molecule has 3 fully saturated rings. The lowest BCUT2D eigenvalue weighted by Gasteiger charge is -2.45. The number of benzene rings is 1. The first-order valence-corrected chi connectivity index (χ1v) is 15.7. The van der Waals surface area contributed by atoms with Crippen LogP contribution in [0.2, 0.25) is 0 Å². The number of carbonyl (C=O) groups is 2. The molecule has 9 heteroatoms. The number of carbonyl (C=O) groups excluding carboxylic acids is 2. The molecule has 1 aliphatic carbocycles. The Morgan fingerprint density at radius 2 is 1.75 bits per heavy atom. The maximum Gasteiger partial charge on any atom is 0.327 e. The number of ether oxygens (including phenoxy) is 3. The molecule has 1 aromatic carbocycles. The van der Waals surface area contributed by atoms with Gasteiger partial charge < -0.3 is 19.5 Å². The van der Waals surface area contributed by atoms with Crippen LogP contribution in [0.25, 0.3) is 0 Å². The third-order valence-electron chi connectivity index (χ3n) is 8.44. The van der Waals surface area contributed by atoms with Crippen LogP contribution < -0.4 is 10.6 Å². The number of fused-ring (bicyclic) bond motifs is 4. The summed E-state index contributed by atoms with van der Waals surface area (Å²) in [6.07, 6.45) is 4.72. The largest absolute Gasteiger partial charge is 0.459 e. The van der Waals surface area contributed by atoms with E-state index in [1.54, 1.807) is 0 Å². The van der Waals surface area contributed by atoms with Crippen molar-refractivity contribution in [3.63, 3.8) is 0 Å². The van der Waals surface area contributed by atoms with Crippen LogP contribution >= 0.6 is 11.3 Å². The molecule has 4 aliphatic rings. The Kier molecular flexibility index (Phi) is 9.91. The van der Waals surface area contributed by atoms with E-state index in [1.807, 2.05) is 38.1 Å². The average molecular weight is 570 g/mol. The topological polar surface area (TPSA) is 89.1 Å². The second-order valence-electron chi connectivity index (χ2n) is 11.1. The predicted molar refractivity (Wildman–Crippen MR) is 155 cm³/mol. The van der Waals surface area contributed by atoms with Gasteiger partial charge in [-0.1, -0.05) is 24.3 Å². The zero-order valence-electron chi connectivity index (χ0n) is 23.8. The molecule has 40 heavy (non-hydrogen) atoms. The maximum absolute atomic E-state index is 13.8. The lowest BCUT2D eigenvalue weighted by atomic mass is 9.85. The summed E-state index contributed by atoms with van der Waals surface area (Å²) in [6, 6.07) is 12.1. The van der Waals surface area contributed by atoms with Gasteiger partial charge in [0.1, 0.15) is 11.6 Å². The summed E-state index contributed by atoms with van der Waals surface area (Å²) in [4.78, 5) is 30.7. The molecule has 3 aliphatic heterocycles. The van der Waals surface area contributed by atoms with Crippen molar-refractivity contribution in [1.29, 1.82) is 0 Å². The first-order valence-electron chi connectivity index (χ1n) is 14.8. The molecule has 0 radical (unpaired) electrons. The first kappa shape index (κ1) is 29.2. The first-order chi connectivity index (χ1) is 19.5. The van der Waals surface area contributed by atoms with Gasteiger partial charge in [-0.3, -0.25) is 19.8 Å². The molecule has 6 rings (SSSR count). The van der Waals surface area contributed by atoms with Crippen molar-refractivity contribution >= 4 is 23.2 Å². The van der Waals surface area contributed by atoms with Gasteiger partial charge in [-0.05, 0) is 75.4 Å². The summed E-state index contributed by atoms with van der Waals surface area (Å²) in [5.74, 6) is 0.247. The summed E-state index contributed by atoms with van der Waals surface area (Å²) in [5, 5.41) is 6.60. The van der Waals surface area contributed by atoms with Gasteiger partial charge in [0.2, 0.25) is 0 Å². The fourth-order valence-electron chi connectivity index (χ4n) is 6.25. The molecule has 4 heterocycles. The maximum atomic E-state index is 13.8. The number of nitrogens with one attached hydrogen (secondary N) is 2. The monoisotopic (exact) mass is 569 g/mol. The van der Waals surface area contributed by atoms with Crippen LogP contribution in [0.4, 0.5) is 0 Å². The zero-order valence-corrected chi connectivity index (χ0v) is 24.6. The normalized spacial score (nSPS) is 22.8. The zero-order chi connectivity index (χ0) is 28.0. The summed E-state index contributed by atoms with van der Waals surface area (Å²) in [7, 11) is 0. The van der Waals surface area contributed by atoms with E-state index < -0.39 is 5.54 Å². The van der Waals surface area contributed by atoms with E-state index in [4.69, 9.17) is 14.2 Å². The van der Waals surface area contributed by atoms with Gasteiger partial charge in [-0.2, -0.15) is 0 Å². The van der Waals surface area contributed by atoms with Gasteiger partial charge in [0.05, 0.1) is 4.88 Å². The molecular formula is C31H43N3O5S. The van der Waals surface area contributed by atoms with Crippen LogP contribution in [0.5, 0.6) is 0 Å². The Balaban J connectivity index is 1.17. The van der Waals surface area contributed by atoms with Crippen LogP contribution in [0.3, 0.4) is 0 Å². The van der Waals surface area contributed by atoms with Gasteiger partial charge >= 0.3 is 5.97 Å². The molecule has 1 atom stereocenters. The summed E-state index contributed by atoms with van der Waals surface area (Å²) >= 11 is 1.46. The SMILES string of the molecule is CCOC(CCCNC(=O)c1ccc(CNC2(C(=O)OC3CN4CCC3CC4)Cc3ccccc3C2)s1)OCC. The van der Waals surface area contributed by atoms with Crippen LogP contribution in [-0.4, -0.2) is 74.1 Å². The number of amides is 1. The molecule has 1 unspecified atom stereocenters. The fourth-order valence-corrected chi connectivity index (χ4v) is 7.11. The van der Waals surface area contributed by atoms with E-state index in [0.717, 1.165) is 50.2 Å². The van der Waals surface area contributed by atoms with E-state index in [9.17, 15) is 9.59 Å². The lowest BCUT2D eigenvalue weighted by Crippen LogP contribution is -2.58. The standard InChI is InChI=1S/C31H43N3O5S/c1-3-37-28(38-4-2)10-7-15-32-29(35)27-12-11-25(40-27)20-33-31(18-23-8-5-6-9-24(23)19-31)30(36)39-26-21-34-16-13-22(26)14-17-34/h5-6,8-9,11-12,22,26,28,33H,3-4,7,10,13-21H2,1-2H3,(H,32,35). The van der Waals surface area contributed by atoms with E-state index >= 15 is 0 Å². The quantitative estimate of drug-likeness (QED) is 0.203. The second kappa shape index (κ2) is 13.6. The molecule has 3 saturated heterocycles. The van der Waals surface area contributed by atoms with E-state index in [-0.39, 0.29) is 24.3 Å². The number of thiophene rings is 1. The van der Waals surface area contributed by atoms with Crippen molar-refractivity contribution in [2.75, 3.05) is 39.4 Å². The molecule has 1 aromatic heterocycles. The van der Waals surface area contributed by atoms with Crippen molar-refractivity contribution in [2.24, 2.45) is 5.92 Å². The molecule has 1 amide bonds. The molecular weight excluding hydrogens is 526 g/mol. The minimum atomic E-state index is -0.792. The lowest BCUT2D eigenvalue weighted by molar-refractivity contribution is -0.166. The molecule has 218 valence electrons. The minimum absolute atomic E-state index is 0.0215. The number of piperidine rings is 3. The van der Waals surface area contributed by atoms with Crippen LogP contribution in [0.1, 0.15) is 65.2 Å². The highest BCUT2D eigenvalue weighted by Crippen LogP contribution is 2.35. The van der Waals surface area contributed by atoms with Crippen LogP contribution in [0.15, 0.2) is 36.4 Å². The highest BCUT2D eigenvalue weighted by atomic mass is 32.1. The van der Waals surface area contributed by atoms with Gasteiger partial charge in [0, 0.05) is 57.0 Å². The fraction of sp³-hybridized carbons (Fsp3) is 0.613. The molecule has 2 aromatic rings. The summed E-state index contributed by atoms with van der Waals surface area (Å²) < 4.78 is 17.4.